The number of aliphatic hydroxyl groups is 1. The standard InChI is InChI=1S/C7H10F2O3/c1-12-5(11)6(4-10)2-7(8,9)3-6/h10H,2-4H2,1H3. The van der Waals surface area contributed by atoms with Crippen molar-refractivity contribution in [2.45, 2.75) is 18.8 Å². The molecule has 0 atom stereocenters. The van der Waals surface area contributed by atoms with Crippen LogP contribution in [-0.2, 0) is 9.53 Å². The summed E-state index contributed by atoms with van der Waals surface area (Å²) in [6, 6.07) is 0. The molecule has 1 saturated carbocycles. The first kappa shape index (κ1) is 9.38. The maximum absolute atomic E-state index is 12.4. The molecule has 0 aromatic rings. The van der Waals surface area contributed by atoms with Crippen LogP contribution in [0.2, 0.25) is 0 Å². The largest absolute Gasteiger partial charge is 0.469 e. The van der Waals surface area contributed by atoms with Crippen LogP contribution in [0.1, 0.15) is 12.8 Å². The van der Waals surface area contributed by atoms with Gasteiger partial charge in [0.25, 0.3) is 5.92 Å². The molecule has 1 N–H and O–H groups in total. The van der Waals surface area contributed by atoms with Crippen molar-refractivity contribution in [1.29, 1.82) is 0 Å². The topological polar surface area (TPSA) is 46.5 Å². The van der Waals surface area contributed by atoms with Crippen molar-refractivity contribution in [3.8, 4) is 0 Å². The van der Waals surface area contributed by atoms with Crippen LogP contribution in [0.15, 0.2) is 0 Å². The van der Waals surface area contributed by atoms with Gasteiger partial charge in [-0.25, -0.2) is 8.78 Å². The maximum Gasteiger partial charge on any atom is 0.314 e. The average Bonchev–Trinajstić information content (AvgIpc) is 1.97. The fourth-order valence-corrected chi connectivity index (χ4v) is 1.48. The third-order valence-electron chi connectivity index (χ3n) is 2.12. The highest BCUT2D eigenvalue weighted by Gasteiger charge is 2.61. The summed E-state index contributed by atoms with van der Waals surface area (Å²) in [6.45, 7) is -0.574. The average molecular weight is 180 g/mol. The third kappa shape index (κ3) is 1.29. The molecule has 70 valence electrons. The summed E-state index contributed by atoms with van der Waals surface area (Å²) in [4.78, 5) is 10.9. The molecule has 0 aliphatic heterocycles. The van der Waals surface area contributed by atoms with Gasteiger partial charge in [0.2, 0.25) is 0 Å². The molecule has 5 heteroatoms. The molecule has 1 fully saturated rings. The molecule has 12 heavy (non-hydrogen) atoms. The van der Waals surface area contributed by atoms with Gasteiger partial charge < -0.3 is 9.84 Å². The Morgan fingerprint density at radius 3 is 2.33 bits per heavy atom. The van der Waals surface area contributed by atoms with Crippen LogP contribution in [0.5, 0.6) is 0 Å². The Bertz CT molecular complexity index is 195. The van der Waals surface area contributed by atoms with Gasteiger partial charge in [0.1, 0.15) is 5.41 Å². The quantitative estimate of drug-likeness (QED) is 0.632. The minimum atomic E-state index is -2.82. The number of carbonyl (C=O) groups excluding carboxylic acids is 1. The van der Waals surface area contributed by atoms with E-state index < -0.39 is 36.8 Å². The van der Waals surface area contributed by atoms with Crippen molar-refractivity contribution in [3.05, 3.63) is 0 Å². The van der Waals surface area contributed by atoms with Crippen LogP contribution >= 0.6 is 0 Å². The third-order valence-corrected chi connectivity index (χ3v) is 2.12. The van der Waals surface area contributed by atoms with Gasteiger partial charge in [-0.3, -0.25) is 4.79 Å². The molecule has 0 saturated heterocycles. The summed E-state index contributed by atoms with van der Waals surface area (Å²) in [5, 5.41) is 8.74. The van der Waals surface area contributed by atoms with E-state index in [0.29, 0.717) is 0 Å². The molecule has 0 amide bonds. The van der Waals surface area contributed by atoms with Gasteiger partial charge in [0.05, 0.1) is 13.7 Å². The molecule has 1 aliphatic carbocycles. The Kier molecular flexibility index (Phi) is 2.07. The number of alkyl halides is 2. The van der Waals surface area contributed by atoms with Crippen molar-refractivity contribution in [3.63, 3.8) is 0 Å². The van der Waals surface area contributed by atoms with Gasteiger partial charge in [0, 0.05) is 12.8 Å². The number of methoxy groups -OCH3 is 1. The van der Waals surface area contributed by atoms with E-state index in [1.165, 1.54) is 0 Å². The molecule has 0 aromatic heterocycles. The molecule has 1 aliphatic rings. The lowest BCUT2D eigenvalue weighted by Crippen LogP contribution is -2.53. The van der Waals surface area contributed by atoms with Gasteiger partial charge in [-0.15, -0.1) is 0 Å². The lowest BCUT2D eigenvalue weighted by Gasteiger charge is -2.43. The second-order valence-electron chi connectivity index (χ2n) is 3.14. The van der Waals surface area contributed by atoms with E-state index in [2.05, 4.69) is 4.74 Å². The van der Waals surface area contributed by atoms with E-state index in [0.717, 1.165) is 7.11 Å². The maximum atomic E-state index is 12.4. The van der Waals surface area contributed by atoms with Crippen molar-refractivity contribution < 1.29 is 23.4 Å². The summed E-state index contributed by atoms with van der Waals surface area (Å²) in [5.41, 5.74) is -1.35. The van der Waals surface area contributed by atoms with Crippen molar-refractivity contribution >= 4 is 5.97 Å². The molecule has 0 bridgehead atoms. The normalized spacial score (nSPS) is 24.3. The predicted octanol–water partition coefficient (Wildman–Crippen LogP) is 0.567. The summed E-state index contributed by atoms with van der Waals surface area (Å²) in [5.74, 6) is -3.58. The Balaban J connectivity index is 2.65. The van der Waals surface area contributed by atoms with Crippen LogP contribution in [0, 0.1) is 5.41 Å². The predicted molar refractivity (Wildman–Crippen MR) is 35.7 cm³/mol. The number of hydrogen-bond donors (Lipinski definition) is 1. The molecule has 1 rings (SSSR count). The summed E-state index contributed by atoms with van der Waals surface area (Å²) >= 11 is 0. The van der Waals surface area contributed by atoms with E-state index in [1.54, 1.807) is 0 Å². The summed E-state index contributed by atoms with van der Waals surface area (Å²) in [6.07, 6.45) is -1.22. The highest BCUT2D eigenvalue weighted by Crippen LogP contribution is 2.52. The second-order valence-corrected chi connectivity index (χ2v) is 3.14. The number of esters is 1. The first-order valence-electron chi connectivity index (χ1n) is 3.53. The minimum absolute atomic E-state index is 0.574. The summed E-state index contributed by atoms with van der Waals surface area (Å²) < 4.78 is 29.1. The molecule has 0 radical (unpaired) electrons. The Morgan fingerprint density at radius 2 is 2.08 bits per heavy atom. The highest BCUT2D eigenvalue weighted by atomic mass is 19.3. The zero-order chi connectivity index (χ0) is 9.41. The molecule has 0 unspecified atom stereocenters. The Morgan fingerprint density at radius 1 is 1.58 bits per heavy atom. The van der Waals surface area contributed by atoms with E-state index in [4.69, 9.17) is 5.11 Å². The minimum Gasteiger partial charge on any atom is -0.469 e. The van der Waals surface area contributed by atoms with Gasteiger partial charge in [-0.2, -0.15) is 0 Å². The van der Waals surface area contributed by atoms with Crippen LogP contribution in [0.3, 0.4) is 0 Å². The van der Waals surface area contributed by atoms with Gasteiger partial charge in [0.15, 0.2) is 0 Å². The van der Waals surface area contributed by atoms with E-state index in [9.17, 15) is 13.6 Å². The lowest BCUT2D eigenvalue weighted by molar-refractivity contribution is -0.204. The monoisotopic (exact) mass is 180 g/mol. The van der Waals surface area contributed by atoms with Crippen LogP contribution in [0.4, 0.5) is 8.78 Å². The first-order valence-corrected chi connectivity index (χ1v) is 3.53. The molecular formula is C7H10F2O3. The number of ether oxygens (including phenoxy) is 1. The molecular weight excluding hydrogens is 170 g/mol. The van der Waals surface area contributed by atoms with E-state index >= 15 is 0 Å². The SMILES string of the molecule is COC(=O)C1(CO)CC(F)(F)C1. The zero-order valence-corrected chi connectivity index (χ0v) is 6.64. The lowest BCUT2D eigenvalue weighted by atomic mass is 9.66. The van der Waals surface area contributed by atoms with Crippen LogP contribution < -0.4 is 0 Å². The van der Waals surface area contributed by atoms with Crippen LogP contribution in [0.25, 0.3) is 0 Å². The van der Waals surface area contributed by atoms with Gasteiger partial charge in [-0.1, -0.05) is 0 Å². The smallest absolute Gasteiger partial charge is 0.314 e. The Hall–Kier alpha value is -0.710. The molecule has 0 heterocycles. The van der Waals surface area contributed by atoms with Crippen LogP contribution in [-0.4, -0.2) is 30.7 Å². The van der Waals surface area contributed by atoms with Gasteiger partial charge in [-0.05, 0) is 0 Å². The molecule has 0 spiro atoms. The highest BCUT2D eigenvalue weighted by molar-refractivity contribution is 5.78. The fourth-order valence-electron chi connectivity index (χ4n) is 1.48. The van der Waals surface area contributed by atoms with Gasteiger partial charge >= 0.3 is 5.97 Å². The number of carbonyl (C=O) groups is 1. The number of hydrogen-bond acceptors (Lipinski definition) is 3. The summed E-state index contributed by atoms with van der Waals surface area (Å²) in [7, 11) is 1.12. The zero-order valence-electron chi connectivity index (χ0n) is 6.64. The van der Waals surface area contributed by atoms with E-state index in [-0.39, 0.29) is 0 Å². The molecule has 3 nitrogen and oxygen atoms in total. The second kappa shape index (κ2) is 2.65. The first-order chi connectivity index (χ1) is 5.46. The number of rotatable bonds is 2. The Labute approximate surface area is 68.3 Å². The number of aliphatic hydroxyl groups excluding tert-OH is 1. The van der Waals surface area contributed by atoms with Crippen molar-refractivity contribution in [2.24, 2.45) is 5.41 Å². The molecule has 0 aromatic carbocycles. The number of halogens is 2. The van der Waals surface area contributed by atoms with E-state index in [1.807, 2.05) is 0 Å². The van der Waals surface area contributed by atoms with Crippen molar-refractivity contribution in [2.75, 3.05) is 13.7 Å². The van der Waals surface area contributed by atoms with Crippen molar-refractivity contribution in [1.82, 2.24) is 0 Å². The fraction of sp³-hybridized carbons (Fsp3) is 0.857.